The number of sulfonamides is 1. The molecule has 0 saturated heterocycles. The van der Waals surface area contributed by atoms with E-state index in [9.17, 15) is 8.42 Å². The molecular formula is C12H22N2O2S. The Balaban J connectivity index is 5.31. The molecule has 0 fully saturated rings. The molecule has 0 spiro atoms. The molecule has 0 bridgehead atoms. The van der Waals surface area contributed by atoms with Gasteiger partial charge in [-0.1, -0.05) is 32.9 Å². The van der Waals surface area contributed by atoms with Crippen LogP contribution in [0.15, 0.2) is 35.7 Å². The smallest absolute Gasteiger partial charge is 0.229 e. The van der Waals surface area contributed by atoms with Crippen LogP contribution in [0.25, 0.3) is 0 Å². The van der Waals surface area contributed by atoms with Gasteiger partial charge in [-0.3, -0.25) is 4.72 Å². The van der Waals surface area contributed by atoms with E-state index in [1.165, 1.54) is 6.20 Å². The quantitative estimate of drug-likeness (QED) is 0.756. The van der Waals surface area contributed by atoms with E-state index in [4.69, 9.17) is 5.73 Å². The SMILES string of the molecule is C\C=C/C(=C\C(=C/N)NS(C)(=O)=O)C(C)(C)C. The summed E-state index contributed by atoms with van der Waals surface area (Å²) in [5.41, 5.74) is 6.69. The summed E-state index contributed by atoms with van der Waals surface area (Å²) in [6.45, 7) is 8.06. The van der Waals surface area contributed by atoms with Gasteiger partial charge in [-0.25, -0.2) is 8.42 Å². The standard InChI is InChI=1S/C12H22N2O2S/c1-6-7-10(12(2,3)4)8-11(9-13)14-17(5,15)16/h6-9,14H,13H2,1-5H3/b7-6-,10-8+,11-9+. The van der Waals surface area contributed by atoms with Crippen molar-refractivity contribution >= 4 is 10.0 Å². The fraction of sp³-hybridized carbons (Fsp3) is 0.500. The molecule has 0 rings (SSSR count). The molecule has 0 aliphatic carbocycles. The zero-order chi connectivity index (χ0) is 13.7. The zero-order valence-electron chi connectivity index (χ0n) is 11.1. The van der Waals surface area contributed by atoms with Gasteiger partial charge in [0, 0.05) is 6.20 Å². The lowest BCUT2D eigenvalue weighted by Crippen LogP contribution is -2.22. The molecule has 0 aromatic carbocycles. The second-order valence-corrected chi connectivity index (χ2v) is 6.59. The Bertz CT molecular complexity index is 438. The third kappa shape index (κ3) is 6.84. The largest absolute Gasteiger partial charge is 0.403 e. The highest BCUT2D eigenvalue weighted by molar-refractivity contribution is 7.88. The Labute approximate surface area is 104 Å². The number of allylic oxidation sites excluding steroid dienone is 4. The number of nitrogens with one attached hydrogen (secondary N) is 1. The van der Waals surface area contributed by atoms with Gasteiger partial charge in [-0.2, -0.15) is 0 Å². The van der Waals surface area contributed by atoms with Crippen LogP contribution in [0.4, 0.5) is 0 Å². The summed E-state index contributed by atoms with van der Waals surface area (Å²) < 4.78 is 24.6. The number of rotatable bonds is 4. The van der Waals surface area contributed by atoms with Crippen molar-refractivity contribution in [3.63, 3.8) is 0 Å². The van der Waals surface area contributed by atoms with Gasteiger partial charge in [0.2, 0.25) is 10.0 Å². The van der Waals surface area contributed by atoms with Gasteiger partial charge in [-0.15, -0.1) is 0 Å². The van der Waals surface area contributed by atoms with Gasteiger partial charge in [0.1, 0.15) is 0 Å². The first-order valence-electron chi connectivity index (χ1n) is 5.34. The average Bonchev–Trinajstić information content (AvgIpc) is 2.12. The molecule has 4 nitrogen and oxygen atoms in total. The van der Waals surface area contributed by atoms with Crippen LogP contribution in [0.5, 0.6) is 0 Å². The molecule has 98 valence electrons. The van der Waals surface area contributed by atoms with Gasteiger partial charge in [-0.05, 0) is 24.0 Å². The summed E-state index contributed by atoms with van der Waals surface area (Å²) in [5, 5.41) is 0. The van der Waals surface area contributed by atoms with E-state index >= 15 is 0 Å². The highest BCUT2D eigenvalue weighted by Crippen LogP contribution is 2.27. The topological polar surface area (TPSA) is 72.2 Å². The van der Waals surface area contributed by atoms with E-state index in [0.717, 1.165) is 11.8 Å². The summed E-state index contributed by atoms with van der Waals surface area (Å²) in [6.07, 6.45) is 7.92. The third-order valence-electron chi connectivity index (χ3n) is 2.01. The van der Waals surface area contributed by atoms with E-state index in [1.807, 2.05) is 39.8 Å². The van der Waals surface area contributed by atoms with Crippen LogP contribution in [0.2, 0.25) is 0 Å². The van der Waals surface area contributed by atoms with Crippen LogP contribution >= 0.6 is 0 Å². The molecule has 0 unspecified atom stereocenters. The van der Waals surface area contributed by atoms with Crippen molar-refractivity contribution in [2.75, 3.05) is 6.26 Å². The van der Waals surface area contributed by atoms with Crippen LogP contribution < -0.4 is 10.5 Å². The number of nitrogens with two attached hydrogens (primary N) is 1. The maximum Gasteiger partial charge on any atom is 0.229 e. The first-order chi connectivity index (χ1) is 7.60. The molecule has 0 aromatic rings. The molecule has 3 N–H and O–H groups in total. The molecule has 0 aromatic heterocycles. The van der Waals surface area contributed by atoms with Crippen LogP contribution in [0.3, 0.4) is 0 Å². The molecular weight excluding hydrogens is 236 g/mol. The Morgan fingerprint density at radius 3 is 2.12 bits per heavy atom. The molecule has 0 aliphatic heterocycles. The Kier molecular flexibility index (Phi) is 5.48. The van der Waals surface area contributed by atoms with Crippen molar-refractivity contribution in [2.24, 2.45) is 11.1 Å². The first-order valence-corrected chi connectivity index (χ1v) is 7.24. The lowest BCUT2D eigenvalue weighted by Gasteiger charge is -2.21. The average molecular weight is 258 g/mol. The normalized spacial score (nSPS) is 15.4. The van der Waals surface area contributed by atoms with Crippen LogP contribution in [0.1, 0.15) is 27.7 Å². The lowest BCUT2D eigenvalue weighted by atomic mass is 9.85. The lowest BCUT2D eigenvalue weighted by molar-refractivity contribution is 0.516. The van der Waals surface area contributed by atoms with Crippen molar-refractivity contribution in [2.45, 2.75) is 27.7 Å². The van der Waals surface area contributed by atoms with E-state index in [0.29, 0.717) is 5.70 Å². The van der Waals surface area contributed by atoms with Crippen LogP contribution in [-0.4, -0.2) is 14.7 Å². The maximum atomic E-state index is 11.1. The third-order valence-corrected chi connectivity index (χ3v) is 2.61. The van der Waals surface area contributed by atoms with Gasteiger partial charge in [0.15, 0.2) is 0 Å². The molecule has 0 saturated carbocycles. The minimum atomic E-state index is -3.31. The van der Waals surface area contributed by atoms with Crippen molar-refractivity contribution in [3.05, 3.63) is 35.7 Å². The number of hydrogen-bond donors (Lipinski definition) is 2. The van der Waals surface area contributed by atoms with Crippen molar-refractivity contribution < 1.29 is 8.42 Å². The summed E-state index contributed by atoms with van der Waals surface area (Å²) in [7, 11) is -3.31. The highest BCUT2D eigenvalue weighted by Gasteiger charge is 2.15. The molecule has 0 atom stereocenters. The summed E-state index contributed by atoms with van der Waals surface area (Å²) in [5.74, 6) is 0. The molecule has 17 heavy (non-hydrogen) atoms. The Morgan fingerprint density at radius 1 is 1.29 bits per heavy atom. The van der Waals surface area contributed by atoms with E-state index < -0.39 is 10.0 Å². The predicted octanol–water partition coefficient (Wildman–Crippen LogP) is 1.88. The summed E-state index contributed by atoms with van der Waals surface area (Å²) >= 11 is 0. The van der Waals surface area contributed by atoms with Crippen LogP contribution in [-0.2, 0) is 10.0 Å². The fourth-order valence-electron chi connectivity index (χ4n) is 1.19. The summed E-state index contributed by atoms with van der Waals surface area (Å²) in [6, 6.07) is 0. The Morgan fingerprint density at radius 2 is 1.82 bits per heavy atom. The van der Waals surface area contributed by atoms with E-state index in [2.05, 4.69) is 4.72 Å². The Hall–Kier alpha value is -1.23. The van der Waals surface area contributed by atoms with E-state index in [1.54, 1.807) is 6.08 Å². The second-order valence-electron chi connectivity index (χ2n) is 4.85. The van der Waals surface area contributed by atoms with Crippen LogP contribution in [0, 0.1) is 5.41 Å². The first kappa shape index (κ1) is 15.8. The minimum Gasteiger partial charge on any atom is -0.403 e. The zero-order valence-corrected chi connectivity index (χ0v) is 11.9. The molecule has 0 amide bonds. The fourth-order valence-corrected chi connectivity index (χ4v) is 1.74. The van der Waals surface area contributed by atoms with Gasteiger partial charge >= 0.3 is 0 Å². The van der Waals surface area contributed by atoms with Crippen molar-refractivity contribution in [3.8, 4) is 0 Å². The number of hydrogen-bond acceptors (Lipinski definition) is 3. The molecule has 0 aliphatic rings. The van der Waals surface area contributed by atoms with Gasteiger partial charge in [0.05, 0.1) is 12.0 Å². The van der Waals surface area contributed by atoms with Gasteiger partial charge < -0.3 is 5.73 Å². The van der Waals surface area contributed by atoms with Crippen molar-refractivity contribution in [1.29, 1.82) is 0 Å². The maximum absolute atomic E-state index is 11.1. The second kappa shape index (κ2) is 5.91. The highest BCUT2D eigenvalue weighted by atomic mass is 32.2. The molecule has 0 radical (unpaired) electrons. The molecule has 0 heterocycles. The van der Waals surface area contributed by atoms with Crippen molar-refractivity contribution in [1.82, 2.24) is 4.72 Å². The minimum absolute atomic E-state index is 0.0834. The summed E-state index contributed by atoms with van der Waals surface area (Å²) in [4.78, 5) is 0. The predicted molar refractivity (Wildman–Crippen MR) is 72.6 cm³/mol. The van der Waals surface area contributed by atoms with Gasteiger partial charge in [0.25, 0.3) is 0 Å². The van der Waals surface area contributed by atoms with E-state index in [-0.39, 0.29) is 5.41 Å². The molecule has 5 heteroatoms. The monoisotopic (exact) mass is 258 g/mol.